The van der Waals surface area contributed by atoms with Crippen LogP contribution in [0.1, 0.15) is 59.7 Å². The summed E-state index contributed by atoms with van der Waals surface area (Å²) < 4.78 is 6.83. The summed E-state index contributed by atoms with van der Waals surface area (Å²) in [6.07, 6.45) is 0. The predicted octanol–water partition coefficient (Wildman–Crippen LogP) is 15.5. The number of para-hydroxylation sites is 2. The second kappa shape index (κ2) is 15.3. The summed E-state index contributed by atoms with van der Waals surface area (Å²) in [5.74, 6) is 1.79. The first kappa shape index (κ1) is 41.6. The molecule has 71 heavy (non-hydrogen) atoms. The molecule has 3 heterocycles. The van der Waals surface area contributed by atoms with Crippen LogP contribution in [-0.2, 0) is 10.8 Å². The highest BCUT2D eigenvalue weighted by atomic mass is 16.5. The van der Waals surface area contributed by atoms with Gasteiger partial charge >= 0.3 is 0 Å². The average molecular weight is 911 g/mol. The van der Waals surface area contributed by atoms with Gasteiger partial charge in [-0.15, -0.1) is 0 Å². The molecule has 10 aromatic rings. The highest BCUT2D eigenvalue weighted by molar-refractivity contribution is 7.00. The molecule has 3 nitrogen and oxygen atoms in total. The molecular weight excluding hydrogens is 860 g/mol. The molecule has 10 aromatic carbocycles. The summed E-state index contributed by atoms with van der Waals surface area (Å²) in [5.41, 5.74) is 26.3. The SMILES string of the molecule is Cc1ccc(N2c3ccc(C(C)(C)C)cc3B3c4ccc5c(c4N(c4ccc(C)cc4-c4ccccc4)c4cccc2c43)-c2ccccc2C52c3ccccc3Oc3ccccc32)c(-c2ccccc2)c1. The lowest BCUT2D eigenvalue weighted by atomic mass is 9.33. The van der Waals surface area contributed by atoms with E-state index in [0.717, 1.165) is 34.0 Å². The molecule has 4 heteroatoms. The van der Waals surface area contributed by atoms with E-state index in [1.807, 2.05) is 0 Å². The fourth-order valence-corrected chi connectivity index (χ4v) is 12.7. The lowest BCUT2D eigenvalue weighted by Gasteiger charge is -2.46. The molecule has 0 radical (unpaired) electrons. The number of nitrogens with zero attached hydrogens (tertiary/aromatic N) is 2. The normalized spacial score (nSPS) is 14.1. The van der Waals surface area contributed by atoms with Crippen LogP contribution in [0, 0.1) is 13.8 Å². The first-order valence-electron chi connectivity index (χ1n) is 25.0. The zero-order valence-electron chi connectivity index (χ0n) is 40.7. The highest BCUT2D eigenvalue weighted by Gasteiger charge is 2.54. The van der Waals surface area contributed by atoms with E-state index in [1.54, 1.807) is 0 Å². The van der Waals surface area contributed by atoms with E-state index >= 15 is 0 Å². The Labute approximate surface area is 417 Å². The third-order valence-corrected chi connectivity index (χ3v) is 15.8. The van der Waals surface area contributed by atoms with Crippen molar-refractivity contribution in [2.45, 2.75) is 45.4 Å². The third-order valence-electron chi connectivity index (χ3n) is 15.8. The Bertz CT molecular complexity index is 3790. The van der Waals surface area contributed by atoms with Gasteiger partial charge in [-0.2, -0.15) is 0 Å². The van der Waals surface area contributed by atoms with Gasteiger partial charge < -0.3 is 14.5 Å². The van der Waals surface area contributed by atoms with Crippen molar-refractivity contribution >= 4 is 57.2 Å². The van der Waals surface area contributed by atoms with Crippen molar-refractivity contribution in [3.05, 3.63) is 257 Å². The second-order valence-corrected chi connectivity index (χ2v) is 20.9. The maximum atomic E-state index is 6.83. The van der Waals surface area contributed by atoms with E-state index < -0.39 is 5.41 Å². The minimum atomic E-state index is -0.629. The van der Waals surface area contributed by atoms with E-state index in [-0.39, 0.29) is 12.1 Å². The monoisotopic (exact) mass is 910 g/mol. The summed E-state index contributed by atoms with van der Waals surface area (Å²) in [4.78, 5) is 5.23. The minimum absolute atomic E-state index is 0.0815. The van der Waals surface area contributed by atoms with Gasteiger partial charge in [-0.25, -0.2) is 0 Å². The molecule has 1 spiro atoms. The number of anilines is 6. The molecule has 0 saturated carbocycles. The fraction of sp³-hybridized carbons (Fsp3) is 0.104. The van der Waals surface area contributed by atoms with Crippen LogP contribution in [0.15, 0.2) is 218 Å². The average Bonchev–Trinajstić information content (AvgIpc) is 3.70. The lowest BCUT2D eigenvalue weighted by molar-refractivity contribution is 0.436. The minimum Gasteiger partial charge on any atom is -0.457 e. The Morgan fingerprint density at radius 1 is 0.408 bits per heavy atom. The van der Waals surface area contributed by atoms with E-state index in [0.29, 0.717) is 0 Å². The van der Waals surface area contributed by atoms with Crippen LogP contribution in [0.4, 0.5) is 34.1 Å². The molecule has 338 valence electrons. The molecule has 1 aliphatic carbocycles. The summed E-state index contributed by atoms with van der Waals surface area (Å²) in [7, 11) is 0. The van der Waals surface area contributed by atoms with Gasteiger partial charge in [0.05, 0.1) is 16.8 Å². The van der Waals surface area contributed by atoms with Crippen LogP contribution >= 0.6 is 0 Å². The van der Waals surface area contributed by atoms with Gasteiger partial charge in [0.15, 0.2) is 0 Å². The van der Waals surface area contributed by atoms with Crippen LogP contribution in [0.3, 0.4) is 0 Å². The molecule has 0 atom stereocenters. The number of benzene rings is 10. The highest BCUT2D eigenvalue weighted by Crippen LogP contribution is 2.64. The Morgan fingerprint density at radius 3 is 1.56 bits per heavy atom. The van der Waals surface area contributed by atoms with Crippen molar-refractivity contribution in [1.29, 1.82) is 0 Å². The van der Waals surface area contributed by atoms with Gasteiger partial charge in [0.25, 0.3) is 6.71 Å². The van der Waals surface area contributed by atoms with Crippen molar-refractivity contribution < 1.29 is 4.74 Å². The molecule has 0 saturated heterocycles. The number of hydrogen-bond acceptors (Lipinski definition) is 3. The van der Waals surface area contributed by atoms with Gasteiger partial charge in [0, 0.05) is 50.6 Å². The Morgan fingerprint density at radius 2 is 0.944 bits per heavy atom. The van der Waals surface area contributed by atoms with Gasteiger partial charge in [-0.1, -0.05) is 196 Å². The van der Waals surface area contributed by atoms with Crippen molar-refractivity contribution in [2.75, 3.05) is 9.80 Å². The smallest absolute Gasteiger partial charge is 0.252 e. The molecule has 3 aliphatic heterocycles. The number of fused-ring (bicyclic) bond motifs is 14. The third kappa shape index (κ3) is 5.91. The van der Waals surface area contributed by atoms with Crippen LogP contribution in [0.25, 0.3) is 33.4 Å². The fourth-order valence-electron chi connectivity index (χ4n) is 12.7. The molecule has 0 fully saturated rings. The Kier molecular flexibility index (Phi) is 8.99. The number of hydrogen-bond donors (Lipinski definition) is 0. The maximum absolute atomic E-state index is 6.83. The van der Waals surface area contributed by atoms with Gasteiger partial charge in [0.2, 0.25) is 0 Å². The van der Waals surface area contributed by atoms with E-state index in [4.69, 9.17) is 4.74 Å². The van der Waals surface area contributed by atoms with E-state index in [9.17, 15) is 0 Å². The molecule has 0 bridgehead atoms. The van der Waals surface area contributed by atoms with E-state index in [2.05, 4.69) is 263 Å². The van der Waals surface area contributed by atoms with Crippen molar-refractivity contribution in [2.24, 2.45) is 0 Å². The zero-order valence-corrected chi connectivity index (χ0v) is 40.7. The summed E-state index contributed by atoms with van der Waals surface area (Å²) in [5, 5.41) is 0. The molecular formula is C67H51BN2O. The van der Waals surface area contributed by atoms with Gasteiger partial charge in [0.1, 0.15) is 11.5 Å². The first-order valence-corrected chi connectivity index (χ1v) is 25.0. The first-order chi connectivity index (χ1) is 34.7. The summed E-state index contributed by atoms with van der Waals surface area (Å²) >= 11 is 0. The quantitative estimate of drug-likeness (QED) is 0.164. The van der Waals surface area contributed by atoms with E-state index in [1.165, 1.54) is 100 Å². The summed E-state index contributed by atoms with van der Waals surface area (Å²) in [6, 6.07) is 81.9. The number of ether oxygens (including phenoxy) is 1. The Hall–Kier alpha value is -8.34. The number of rotatable bonds is 4. The maximum Gasteiger partial charge on any atom is 0.252 e. The molecule has 4 aliphatic rings. The second-order valence-electron chi connectivity index (χ2n) is 20.9. The molecule has 0 amide bonds. The standard InChI is InChI=1S/C67H51BN2O/c1-42-31-36-56(48(39-42)44-19-8-6-9-20-44)69-58-38-33-46(66(3,4)5)41-55(58)68-54-35-34-53-63(47-23-12-13-24-50(47)67(53)51-25-14-16-29-61(51)71-62-30-17-15-26-52(62)67)65(54)70(60-28-18-27-59(69)64(60)68)57-37-32-43(2)40-49(57)45-21-10-7-11-22-45/h6-41H,1-5H3. The van der Waals surface area contributed by atoms with Gasteiger partial charge in [-0.05, 0) is 124 Å². The molecule has 0 unspecified atom stereocenters. The molecule has 0 N–H and O–H groups in total. The topological polar surface area (TPSA) is 15.7 Å². The molecule has 14 rings (SSSR count). The largest absolute Gasteiger partial charge is 0.457 e. The van der Waals surface area contributed by atoms with Crippen molar-refractivity contribution in [3.8, 4) is 44.9 Å². The molecule has 0 aromatic heterocycles. The van der Waals surface area contributed by atoms with Crippen molar-refractivity contribution in [3.63, 3.8) is 0 Å². The Balaban J connectivity index is 1.14. The van der Waals surface area contributed by atoms with Crippen LogP contribution < -0.4 is 30.9 Å². The van der Waals surface area contributed by atoms with Crippen LogP contribution in [0.5, 0.6) is 11.5 Å². The zero-order chi connectivity index (χ0) is 47.8. The lowest BCUT2D eigenvalue weighted by Crippen LogP contribution is -2.61. The van der Waals surface area contributed by atoms with Crippen LogP contribution in [-0.4, -0.2) is 6.71 Å². The predicted molar refractivity (Wildman–Crippen MR) is 297 cm³/mol. The van der Waals surface area contributed by atoms with Crippen molar-refractivity contribution in [1.82, 2.24) is 0 Å². The van der Waals surface area contributed by atoms with Crippen LogP contribution in [0.2, 0.25) is 0 Å². The summed E-state index contributed by atoms with van der Waals surface area (Å²) in [6.45, 7) is 11.4. The van der Waals surface area contributed by atoms with Gasteiger partial charge in [-0.3, -0.25) is 0 Å². The number of aryl methyl sites for hydroxylation is 2.